The maximum atomic E-state index is 4.43. The van der Waals surface area contributed by atoms with E-state index in [2.05, 4.69) is 27.0 Å². The number of hydrogen-bond acceptors (Lipinski definition) is 3. The van der Waals surface area contributed by atoms with Crippen molar-refractivity contribution in [1.82, 2.24) is 20.1 Å². The van der Waals surface area contributed by atoms with Crippen LogP contribution < -0.4 is 5.32 Å². The van der Waals surface area contributed by atoms with Gasteiger partial charge in [-0.25, -0.2) is 4.98 Å². The molecule has 18 heavy (non-hydrogen) atoms. The van der Waals surface area contributed by atoms with E-state index in [1.54, 1.807) is 6.33 Å². The highest BCUT2D eigenvalue weighted by atomic mass is 15.3. The zero-order valence-electron chi connectivity index (χ0n) is 11.3. The molecular weight excluding hydrogens is 224 g/mol. The second-order valence-corrected chi connectivity index (χ2v) is 5.88. The van der Waals surface area contributed by atoms with Gasteiger partial charge in [-0.2, -0.15) is 5.10 Å². The summed E-state index contributed by atoms with van der Waals surface area (Å²) < 4.78 is 2.09. The largest absolute Gasteiger partial charge is 0.314 e. The van der Waals surface area contributed by atoms with Crippen LogP contribution in [-0.4, -0.2) is 27.4 Å². The van der Waals surface area contributed by atoms with E-state index < -0.39 is 0 Å². The Kier molecular flexibility index (Phi) is 3.64. The minimum atomic E-state index is 0.830. The Morgan fingerprint density at radius 3 is 2.78 bits per heavy atom. The first-order valence-corrected chi connectivity index (χ1v) is 7.47. The molecule has 1 heterocycles. The molecule has 0 bridgehead atoms. The van der Waals surface area contributed by atoms with E-state index in [9.17, 15) is 0 Å². The summed E-state index contributed by atoms with van der Waals surface area (Å²) in [5, 5.41) is 7.98. The zero-order valence-corrected chi connectivity index (χ0v) is 11.3. The molecule has 3 rings (SSSR count). The Bertz CT molecular complexity index is 383. The van der Waals surface area contributed by atoms with Gasteiger partial charge in [-0.05, 0) is 50.5 Å². The summed E-state index contributed by atoms with van der Waals surface area (Å²) in [6, 6.07) is 0.843. The first kappa shape index (κ1) is 12.2. The van der Waals surface area contributed by atoms with Gasteiger partial charge < -0.3 is 5.32 Å². The summed E-state index contributed by atoms with van der Waals surface area (Å²) >= 11 is 0. The van der Waals surface area contributed by atoms with E-state index >= 15 is 0 Å². The van der Waals surface area contributed by atoms with E-state index in [1.165, 1.54) is 38.1 Å². The molecule has 2 atom stereocenters. The lowest BCUT2D eigenvalue weighted by atomic mass is 9.71. The van der Waals surface area contributed by atoms with Gasteiger partial charge in [0.15, 0.2) is 0 Å². The smallest absolute Gasteiger partial charge is 0.138 e. The first-order chi connectivity index (χ1) is 8.86. The van der Waals surface area contributed by atoms with E-state index in [1.807, 2.05) is 0 Å². The van der Waals surface area contributed by atoms with Gasteiger partial charge in [0.2, 0.25) is 0 Å². The fourth-order valence-corrected chi connectivity index (χ4v) is 2.86. The van der Waals surface area contributed by atoms with Gasteiger partial charge >= 0.3 is 0 Å². The fraction of sp³-hybridized carbons (Fsp3) is 0.857. The molecule has 100 valence electrons. The Hall–Kier alpha value is -0.900. The second-order valence-electron chi connectivity index (χ2n) is 5.88. The maximum absolute atomic E-state index is 4.43. The molecule has 0 aliphatic heterocycles. The highest BCUT2D eigenvalue weighted by molar-refractivity contribution is 4.94. The van der Waals surface area contributed by atoms with Crippen LogP contribution in [0.3, 0.4) is 0 Å². The summed E-state index contributed by atoms with van der Waals surface area (Å²) in [4.78, 5) is 4.43. The van der Waals surface area contributed by atoms with Gasteiger partial charge in [0, 0.05) is 19.0 Å². The number of aryl methyl sites for hydroxylation is 1. The van der Waals surface area contributed by atoms with Crippen LogP contribution >= 0.6 is 0 Å². The van der Waals surface area contributed by atoms with Crippen LogP contribution in [0.2, 0.25) is 0 Å². The molecule has 0 saturated heterocycles. The molecule has 1 N–H and O–H groups in total. The zero-order chi connectivity index (χ0) is 12.4. The number of hydrogen-bond donors (Lipinski definition) is 1. The minimum Gasteiger partial charge on any atom is -0.314 e. The Morgan fingerprint density at radius 1 is 1.28 bits per heavy atom. The fourth-order valence-electron chi connectivity index (χ4n) is 2.86. The number of nitrogens with zero attached hydrogens (tertiary/aromatic N) is 3. The quantitative estimate of drug-likeness (QED) is 0.802. The summed E-state index contributed by atoms with van der Waals surface area (Å²) in [6.07, 6.45) is 9.51. The standard InChI is InChI=1S/C14H24N4/c1-2-7-18-14(16-10-17-18)8-11-3-4-12(11)9-15-13-5-6-13/h10-13,15H,2-9H2,1H3. The first-order valence-electron chi connectivity index (χ1n) is 7.47. The number of nitrogens with one attached hydrogen (secondary N) is 1. The number of rotatable bonds is 7. The van der Waals surface area contributed by atoms with E-state index in [0.29, 0.717) is 0 Å². The highest BCUT2D eigenvalue weighted by Crippen LogP contribution is 2.36. The third-order valence-electron chi connectivity index (χ3n) is 4.40. The van der Waals surface area contributed by atoms with Crippen LogP contribution in [-0.2, 0) is 13.0 Å². The van der Waals surface area contributed by atoms with Gasteiger partial charge in [-0.1, -0.05) is 6.92 Å². The molecule has 2 aliphatic rings. The third kappa shape index (κ3) is 2.74. The van der Waals surface area contributed by atoms with Crippen LogP contribution in [0.15, 0.2) is 6.33 Å². The molecule has 0 spiro atoms. The molecule has 4 nitrogen and oxygen atoms in total. The summed E-state index contributed by atoms with van der Waals surface area (Å²) in [7, 11) is 0. The van der Waals surface area contributed by atoms with Crippen molar-refractivity contribution in [2.75, 3.05) is 6.54 Å². The molecule has 2 fully saturated rings. The molecule has 0 radical (unpaired) electrons. The Labute approximate surface area is 109 Å². The second kappa shape index (κ2) is 5.39. The van der Waals surface area contributed by atoms with Gasteiger partial charge in [-0.3, -0.25) is 4.68 Å². The lowest BCUT2D eigenvalue weighted by molar-refractivity contribution is 0.166. The van der Waals surface area contributed by atoms with Gasteiger partial charge in [-0.15, -0.1) is 0 Å². The molecule has 0 amide bonds. The third-order valence-corrected chi connectivity index (χ3v) is 4.40. The van der Waals surface area contributed by atoms with Crippen molar-refractivity contribution in [3.63, 3.8) is 0 Å². The van der Waals surface area contributed by atoms with Crippen molar-refractivity contribution >= 4 is 0 Å². The molecule has 1 aromatic heterocycles. The lowest BCUT2D eigenvalue weighted by Gasteiger charge is -2.36. The van der Waals surface area contributed by atoms with Crippen LogP contribution in [0, 0.1) is 11.8 Å². The normalized spacial score (nSPS) is 27.2. The average molecular weight is 248 g/mol. The van der Waals surface area contributed by atoms with Crippen molar-refractivity contribution in [3.8, 4) is 0 Å². The SMILES string of the molecule is CCCn1ncnc1CC1CCC1CNC1CC1. The van der Waals surface area contributed by atoms with Gasteiger partial charge in [0.05, 0.1) is 0 Å². The van der Waals surface area contributed by atoms with E-state index in [0.717, 1.165) is 37.3 Å². The van der Waals surface area contributed by atoms with Crippen LogP contribution in [0.4, 0.5) is 0 Å². The van der Waals surface area contributed by atoms with Crippen molar-refractivity contribution in [3.05, 3.63) is 12.2 Å². The van der Waals surface area contributed by atoms with E-state index in [-0.39, 0.29) is 0 Å². The predicted molar refractivity (Wildman–Crippen MR) is 71.3 cm³/mol. The molecule has 2 aliphatic carbocycles. The van der Waals surface area contributed by atoms with Gasteiger partial charge in [0.1, 0.15) is 12.2 Å². The topological polar surface area (TPSA) is 42.7 Å². The minimum absolute atomic E-state index is 0.830. The van der Waals surface area contributed by atoms with Crippen LogP contribution in [0.25, 0.3) is 0 Å². The monoisotopic (exact) mass is 248 g/mol. The number of aromatic nitrogens is 3. The summed E-state index contributed by atoms with van der Waals surface area (Å²) in [6.45, 7) is 4.42. The van der Waals surface area contributed by atoms with E-state index in [4.69, 9.17) is 0 Å². The Morgan fingerprint density at radius 2 is 2.11 bits per heavy atom. The highest BCUT2D eigenvalue weighted by Gasteiger charge is 2.33. The van der Waals surface area contributed by atoms with Crippen molar-refractivity contribution < 1.29 is 0 Å². The maximum Gasteiger partial charge on any atom is 0.138 e. The molecular formula is C14H24N4. The van der Waals surface area contributed by atoms with Crippen LogP contribution in [0.5, 0.6) is 0 Å². The predicted octanol–water partition coefficient (Wildman–Crippen LogP) is 2.01. The Balaban J connectivity index is 1.50. The lowest BCUT2D eigenvalue weighted by Crippen LogP contribution is -2.37. The molecule has 2 saturated carbocycles. The van der Waals surface area contributed by atoms with Crippen LogP contribution in [0.1, 0.15) is 44.9 Å². The van der Waals surface area contributed by atoms with Crippen molar-refractivity contribution in [2.24, 2.45) is 11.8 Å². The molecule has 0 aromatic carbocycles. The van der Waals surface area contributed by atoms with Gasteiger partial charge in [0.25, 0.3) is 0 Å². The van der Waals surface area contributed by atoms with Crippen molar-refractivity contribution in [2.45, 2.75) is 58.0 Å². The summed E-state index contributed by atoms with van der Waals surface area (Å²) in [5.41, 5.74) is 0. The molecule has 4 heteroatoms. The molecule has 1 aromatic rings. The average Bonchev–Trinajstić information content (AvgIpc) is 3.06. The van der Waals surface area contributed by atoms with Crippen molar-refractivity contribution in [1.29, 1.82) is 0 Å². The molecule has 2 unspecified atom stereocenters. The summed E-state index contributed by atoms with van der Waals surface area (Å²) in [5.74, 6) is 2.89.